The second-order valence-electron chi connectivity index (χ2n) is 7.32. The van der Waals surface area contributed by atoms with Crippen molar-refractivity contribution in [1.82, 2.24) is 0 Å². The Balaban J connectivity index is 2.50. The van der Waals surface area contributed by atoms with Gasteiger partial charge in [0.1, 0.15) is 12.0 Å². The molecule has 0 aromatic carbocycles. The molecule has 2 N–H and O–H groups in total. The van der Waals surface area contributed by atoms with Crippen molar-refractivity contribution in [2.45, 2.75) is 83.4 Å². The molecule has 1 fully saturated rings. The van der Waals surface area contributed by atoms with Gasteiger partial charge < -0.3 is 10.2 Å². The first-order valence-electron chi connectivity index (χ1n) is 9.76. The quantitative estimate of drug-likeness (QED) is 0.367. The molecule has 4 nitrogen and oxygen atoms in total. The van der Waals surface area contributed by atoms with E-state index in [1.807, 2.05) is 12.2 Å². The van der Waals surface area contributed by atoms with E-state index in [2.05, 4.69) is 13.5 Å². The van der Waals surface area contributed by atoms with E-state index < -0.39 is 18.2 Å². The van der Waals surface area contributed by atoms with E-state index in [4.69, 9.17) is 5.11 Å². The second-order valence-corrected chi connectivity index (χ2v) is 7.32. The lowest BCUT2D eigenvalue weighted by Crippen LogP contribution is -2.27. The van der Waals surface area contributed by atoms with Crippen LogP contribution in [-0.2, 0) is 9.59 Å². The molecule has 0 aliphatic heterocycles. The highest BCUT2D eigenvalue weighted by Gasteiger charge is 2.38. The molecule has 4 atom stereocenters. The average molecular weight is 368 g/mol. The van der Waals surface area contributed by atoms with Crippen LogP contribution in [0, 0.1) is 11.8 Å². The van der Waals surface area contributed by atoms with Gasteiger partial charge in [-0.05, 0) is 38.0 Å². The normalized spacial score (nSPS) is 22.9. The highest BCUT2D eigenvalue weighted by Crippen LogP contribution is 2.39. The van der Waals surface area contributed by atoms with Gasteiger partial charge in [-0.2, -0.15) is 0 Å². The fraction of sp³-hybridized carbons (Fsp3) is 0.714. The van der Waals surface area contributed by atoms with E-state index in [9.17, 15) is 19.1 Å². The monoisotopic (exact) mass is 368 g/mol. The van der Waals surface area contributed by atoms with Gasteiger partial charge >= 0.3 is 5.97 Å². The molecular formula is C21H33FO4. The Morgan fingerprint density at radius 1 is 1.31 bits per heavy atom. The fourth-order valence-electron chi connectivity index (χ4n) is 3.54. The predicted molar refractivity (Wildman–Crippen MR) is 101 cm³/mol. The summed E-state index contributed by atoms with van der Waals surface area (Å²) in [6.07, 6.45) is 7.06. The molecule has 0 heterocycles. The number of aliphatic hydroxyl groups is 1. The third-order valence-corrected chi connectivity index (χ3v) is 5.14. The van der Waals surface area contributed by atoms with Crippen molar-refractivity contribution >= 4 is 11.8 Å². The van der Waals surface area contributed by atoms with Gasteiger partial charge in [-0.25, -0.2) is 4.39 Å². The van der Waals surface area contributed by atoms with Crippen LogP contribution in [0.4, 0.5) is 4.39 Å². The predicted octanol–water partition coefficient (Wildman–Crippen LogP) is 4.62. The molecule has 0 aromatic rings. The third-order valence-electron chi connectivity index (χ3n) is 5.14. The highest BCUT2D eigenvalue weighted by molar-refractivity contribution is 5.87. The van der Waals surface area contributed by atoms with Crippen molar-refractivity contribution in [2.24, 2.45) is 11.8 Å². The molecule has 0 bridgehead atoms. The Morgan fingerprint density at radius 3 is 2.69 bits per heavy atom. The molecule has 26 heavy (non-hydrogen) atoms. The van der Waals surface area contributed by atoms with E-state index in [1.54, 1.807) is 0 Å². The lowest BCUT2D eigenvalue weighted by atomic mass is 9.85. The number of carboxylic acid groups (broad SMARTS) is 1. The van der Waals surface area contributed by atoms with Gasteiger partial charge in [-0.15, -0.1) is 0 Å². The molecule has 2 unspecified atom stereocenters. The molecule has 0 spiro atoms. The maximum Gasteiger partial charge on any atom is 0.303 e. The summed E-state index contributed by atoms with van der Waals surface area (Å²) >= 11 is 0. The Morgan fingerprint density at radius 2 is 2.04 bits per heavy atom. The number of carbonyl (C=O) groups excluding carboxylic acids is 1. The number of unbranched alkanes of at least 4 members (excludes halogenated alkanes) is 3. The number of hydrogen-bond donors (Lipinski definition) is 2. The number of halogens is 1. The third kappa shape index (κ3) is 7.81. The number of carbonyl (C=O) groups is 2. The standard InChI is InChI=1S/C21H33FO4/c1-3-4-7-11-19(23)18(22)14-17-15(2)13-20(24)16(17)10-8-5-6-9-12-21(25)26/h5,8,16-19,23H,2-4,6-7,9-14H2,1H3,(H,25,26)/b8-5-/t16?,17?,18-,19+/m1/s1. The summed E-state index contributed by atoms with van der Waals surface area (Å²) in [7, 11) is 0. The summed E-state index contributed by atoms with van der Waals surface area (Å²) in [5, 5.41) is 18.6. The van der Waals surface area contributed by atoms with Crippen molar-refractivity contribution in [2.75, 3.05) is 0 Å². The van der Waals surface area contributed by atoms with Crippen molar-refractivity contribution in [3.63, 3.8) is 0 Å². The van der Waals surface area contributed by atoms with Crippen LogP contribution >= 0.6 is 0 Å². The maximum absolute atomic E-state index is 14.4. The number of aliphatic carboxylic acids is 1. The molecule has 148 valence electrons. The largest absolute Gasteiger partial charge is 0.481 e. The summed E-state index contributed by atoms with van der Waals surface area (Å²) in [6.45, 7) is 6.01. The number of Topliss-reactive ketones (excluding diaryl/α,β-unsaturated/α-hetero) is 1. The van der Waals surface area contributed by atoms with Gasteiger partial charge in [0.05, 0.1) is 6.10 Å². The van der Waals surface area contributed by atoms with Crippen molar-refractivity contribution in [1.29, 1.82) is 0 Å². The summed E-state index contributed by atoms with van der Waals surface area (Å²) in [6, 6.07) is 0. The Labute approximate surface area is 156 Å². The highest BCUT2D eigenvalue weighted by atomic mass is 19.1. The van der Waals surface area contributed by atoms with E-state index in [0.717, 1.165) is 24.8 Å². The van der Waals surface area contributed by atoms with Gasteiger partial charge in [0.25, 0.3) is 0 Å². The van der Waals surface area contributed by atoms with Crippen molar-refractivity contribution in [3.05, 3.63) is 24.3 Å². The van der Waals surface area contributed by atoms with Crippen LogP contribution in [0.2, 0.25) is 0 Å². The van der Waals surface area contributed by atoms with Gasteiger partial charge in [0.2, 0.25) is 0 Å². The van der Waals surface area contributed by atoms with Crippen LogP contribution in [0.3, 0.4) is 0 Å². The first-order valence-corrected chi connectivity index (χ1v) is 9.76. The minimum absolute atomic E-state index is 0.0860. The Kier molecular flexibility index (Phi) is 10.4. The number of allylic oxidation sites excluding steroid dienone is 3. The zero-order chi connectivity index (χ0) is 19.5. The van der Waals surface area contributed by atoms with E-state index in [0.29, 0.717) is 32.1 Å². The minimum Gasteiger partial charge on any atom is -0.481 e. The number of carboxylic acids is 1. The molecule has 0 amide bonds. The minimum atomic E-state index is -1.33. The molecular weight excluding hydrogens is 335 g/mol. The van der Waals surface area contributed by atoms with Crippen LogP contribution in [0.15, 0.2) is 24.3 Å². The smallest absolute Gasteiger partial charge is 0.303 e. The van der Waals surface area contributed by atoms with Crippen LogP contribution in [-0.4, -0.2) is 34.2 Å². The van der Waals surface area contributed by atoms with Gasteiger partial charge in [0.15, 0.2) is 0 Å². The topological polar surface area (TPSA) is 74.6 Å². The van der Waals surface area contributed by atoms with Gasteiger partial charge in [-0.1, -0.05) is 50.5 Å². The first kappa shape index (κ1) is 22.6. The van der Waals surface area contributed by atoms with Crippen molar-refractivity contribution in [3.8, 4) is 0 Å². The summed E-state index contributed by atoms with van der Waals surface area (Å²) in [5.74, 6) is -1.23. The van der Waals surface area contributed by atoms with E-state index in [-0.39, 0.29) is 30.5 Å². The zero-order valence-corrected chi connectivity index (χ0v) is 15.8. The van der Waals surface area contributed by atoms with Crippen LogP contribution in [0.5, 0.6) is 0 Å². The number of ketones is 1. The summed E-state index contributed by atoms with van der Waals surface area (Å²) in [4.78, 5) is 22.7. The van der Waals surface area contributed by atoms with Crippen LogP contribution < -0.4 is 0 Å². The molecule has 1 aliphatic carbocycles. The summed E-state index contributed by atoms with van der Waals surface area (Å²) < 4.78 is 14.4. The second kappa shape index (κ2) is 12.0. The molecule has 1 aliphatic rings. The van der Waals surface area contributed by atoms with E-state index >= 15 is 0 Å². The molecule has 1 saturated carbocycles. The van der Waals surface area contributed by atoms with Gasteiger partial charge in [-0.3, -0.25) is 9.59 Å². The zero-order valence-electron chi connectivity index (χ0n) is 15.8. The summed E-state index contributed by atoms with van der Waals surface area (Å²) in [5.41, 5.74) is 0.766. The number of alkyl halides is 1. The SMILES string of the molecule is C=C1CC(=O)C(C/C=C\CCCC(=O)O)C1C[C@@H](F)[C@@H](O)CCCCC. The number of rotatable bonds is 13. The van der Waals surface area contributed by atoms with Crippen LogP contribution in [0.25, 0.3) is 0 Å². The lowest BCUT2D eigenvalue weighted by molar-refractivity contribution is -0.137. The lowest BCUT2D eigenvalue weighted by Gasteiger charge is -2.23. The average Bonchev–Trinajstić information content (AvgIpc) is 2.84. The van der Waals surface area contributed by atoms with Crippen LogP contribution in [0.1, 0.15) is 71.1 Å². The maximum atomic E-state index is 14.4. The van der Waals surface area contributed by atoms with E-state index in [1.165, 1.54) is 0 Å². The Bertz CT molecular complexity index is 500. The first-order chi connectivity index (χ1) is 12.4. The number of aliphatic hydroxyl groups excluding tert-OH is 1. The molecule has 0 saturated heterocycles. The fourth-order valence-corrected chi connectivity index (χ4v) is 3.54. The molecule has 1 rings (SSSR count). The molecule has 0 radical (unpaired) electrons. The van der Waals surface area contributed by atoms with Gasteiger partial charge in [0, 0.05) is 18.8 Å². The Hall–Kier alpha value is -1.49. The van der Waals surface area contributed by atoms with Crippen molar-refractivity contribution < 1.29 is 24.2 Å². The molecule has 5 heteroatoms. The molecule has 0 aromatic heterocycles. The number of hydrogen-bond acceptors (Lipinski definition) is 3.